The van der Waals surface area contributed by atoms with Crippen molar-refractivity contribution in [3.8, 4) is 0 Å². The maximum absolute atomic E-state index is 11.3. The predicted molar refractivity (Wildman–Crippen MR) is 141 cm³/mol. The van der Waals surface area contributed by atoms with E-state index in [-0.39, 0.29) is 29.3 Å². The molecule has 2 aliphatic rings. The molecular weight excluding hydrogens is 440 g/mol. The van der Waals surface area contributed by atoms with Gasteiger partial charge in [0.05, 0.1) is 0 Å². The molecule has 0 radical (unpaired) electrons. The Balaban J connectivity index is 0.000000265. The summed E-state index contributed by atoms with van der Waals surface area (Å²) in [6.07, 6.45) is 9.19. The lowest BCUT2D eigenvalue weighted by atomic mass is 9.72. The van der Waals surface area contributed by atoms with Gasteiger partial charge >= 0.3 is 0 Å². The first-order chi connectivity index (χ1) is 16.5. The zero-order chi connectivity index (χ0) is 26.5. The van der Waals surface area contributed by atoms with Crippen LogP contribution in [-0.2, 0) is 9.59 Å². The van der Waals surface area contributed by atoms with Crippen molar-refractivity contribution in [3.63, 3.8) is 0 Å². The van der Waals surface area contributed by atoms with E-state index in [9.17, 15) is 19.2 Å². The predicted octanol–water partition coefficient (Wildman–Crippen LogP) is 5.65. The van der Waals surface area contributed by atoms with Gasteiger partial charge in [-0.05, 0) is 82.7 Å². The first-order valence-corrected chi connectivity index (χ1v) is 13.2. The van der Waals surface area contributed by atoms with Gasteiger partial charge in [0.15, 0.2) is 11.6 Å². The van der Waals surface area contributed by atoms with Gasteiger partial charge in [0.25, 0.3) is 0 Å². The van der Waals surface area contributed by atoms with Gasteiger partial charge in [0.1, 0.15) is 0 Å². The third-order valence-corrected chi connectivity index (χ3v) is 7.34. The van der Waals surface area contributed by atoms with Gasteiger partial charge in [0.2, 0.25) is 11.8 Å². The second-order valence-electron chi connectivity index (χ2n) is 10.1. The van der Waals surface area contributed by atoms with Crippen molar-refractivity contribution >= 4 is 23.4 Å². The van der Waals surface area contributed by atoms with E-state index in [2.05, 4.69) is 26.1 Å². The summed E-state index contributed by atoms with van der Waals surface area (Å²) >= 11 is 0. The van der Waals surface area contributed by atoms with Gasteiger partial charge in [-0.3, -0.25) is 24.5 Å². The first-order valence-electron chi connectivity index (χ1n) is 13.2. The lowest BCUT2D eigenvalue weighted by Gasteiger charge is -2.34. The molecule has 0 bridgehead atoms. The molecule has 3 rings (SSSR count). The van der Waals surface area contributed by atoms with E-state index in [1.165, 1.54) is 46.0 Å². The highest BCUT2D eigenvalue weighted by Gasteiger charge is 2.29. The standard InChI is InChI=1S/C11H12O2.C9H15NO2.C9H19N/c1-7-5-4-6-10(8(2)12)11(7)9(3)13;1-3-6(2)7-4-5-8(11)10-9(7)12;1-2-8-6-9(7-8)4-3-5-10/h4-6H,1-3H3;6-7H,3-5H2,1-2H3,(H,10,11,12);8-9H,2-7,10H2,1H3. The molecule has 2 amide bonds. The van der Waals surface area contributed by atoms with Crippen molar-refractivity contribution in [2.45, 2.75) is 92.9 Å². The van der Waals surface area contributed by atoms with E-state index in [0.29, 0.717) is 23.5 Å². The van der Waals surface area contributed by atoms with Gasteiger partial charge < -0.3 is 5.73 Å². The van der Waals surface area contributed by atoms with Crippen LogP contribution in [0.25, 0.3) is 0 Å². The number of hydrogen-bond donors (Lipinski definition) is 2. The van der Waals surface area contributed by atoms with Gasteiger partial charge in [0, 0.05) is 23.5 Å². The molecule has 1 aliphatic heterocycles. The summed E-state index contributed by atoms with van der Waals surface area (Å²) in [4.78, 5) is 44.5. The minimum atomic E-state index is -0.125. The minimum Gasteiger partial charge on any atom is -0.330 e. The van der Waals surface area contributed by atoms with Gasteiger partial charge in [-0.1, -0.05) is 51.8 Å². The van der Waals surface area contributed by atoms with E-state index in [1.54, 1.807) is 12.1 Å². The molecule has 0 spiro atoms. The summed E-state index contributed by atoms with van der Waals surface area (Å²) in [5, 5.41) is 2.37. The number of Topliss-reactive ketones (excluding diaryl/α,β-unsaturated/α-hetero) is 2. The Morgan fingerprint density at radius 3 is 2.20 bits per heavy atom. The number of carbonyl (C=O) groups excluding carboxylic acids is 4. The van der Waals surface area contributed by atoms with E-state index < -0.39 is 0 Å². The third-order valence-electron chi connectivity index (χ3n) is 7.34. The summed E-state index contributed by atoms with van der Waals surface area (Å²) < 4.78 is 0. The van der Waals surface area contributed by atoms with E-state index in [4.69, 9.17) is 5.73 Å². The summed E-state index contributed by atoms with van der Waals surface area (Å²) in [6.45, 7) is 12.1. The Morgan fingerprint density at radius 2 is 1.74 bits per heavy atom. The molecule has 2 unspecified atom stereocenters. The normalized spacial score (nSPS) is 21.9. The number of hydrogen-bond acceptors (Lipinski definition) is 5. The van der Waals surface area contributed by atoms with Crippen LogP contribution in [0.3, 0.4) is 0 Å². The summed E-state index contributed by atoms with van der Waals surface area (Å²) in [6, 6.07) is 5.31. The number of piperidine rings is 1. The van der Waals surface area contributed by atoms with E-state index in [0.717, 1.165) is 36.8 Å². The maximum Gasteiger partial charge on any atom is 0.229 e. The van der Waals surface area contributed by atoms with Crippen molar-refractivity contribution in [2.24, 2.45) is 29.4 Å². The molecular formula is C29H46N2O4. The summed E-state index contributed by atoms with van der Waals surface area (Å²) in [5.41, 5.74) is 7.36. The zero-order valence-corrected chi connectivity index (χ0v) is 22.6. The molecule has 2 fully saturated rings. The molecule has 1 saturated heterocycles. The van der Waals surface area contributed by atoms with Crippen LogP contribution >= 0.6 is 0 Å². The van der Waals surface area contributed by atoms with E-state index >= 15 is 0 Å². The third kappa shape index (κ3) is 10.0. The highest BCUT2D eigenvalue weighted by molar-refractivity contribution is 6.08. The minimum absolute atomic E-state index is 0.0488. The monoisotopic (exact) mass is 486 g/mol. The lowest BCUT2D eigenvalue weighted by Crippen LogP contribution is -2.42. The SMILES string of the molecule is CC(=O)c1cccc(C)c1C(C)=O.CCC(C)C1CCC(=O)NC1=O.CCC1CC(CCCN)C1. The number of rotatable bonds is 8. The highest BCUT2D eigenvalue weighted by Crippen LogP contribution is 2.38. The Hall–Kier alpha value is -2.34. The van der Waals surface area contributed by atoms with Crippen LogP contribution in [0.1, 0.15) is 112 Å². The van der Waals surface area contributed by atoms with Crippen LogP contribution in [0.5, 0.6) is 0 Å². The number of carbonyl (C=O) groups is 4. The Kier molecular flexibility index (Phi) is 13.7. The van der Waals surface area contributed by atoms with Crippen LogP contribution in [0.15, 0.2) is 18.2 Å². The molecule has 6 nitrogen and oxygen atoms in total. The molecule has 1 aliphatic carbocycles. The number of aryl methyl sites for hydroxylation is 1. The highest BCUT2D eigenvalue weighted by atomic mass is 16.2. The number of nitrogens with two attached hydrogens (primary N) is 1. The van der Waals surface area contributed by atoms with E-state index in [1.807, 2.05) is 13.0 Å². The van der Waals surface area contributed by atoms with Crippen molar-refractivity contribution in [1.82, 2.24) is 5.32 Å². The van der Waals surface area contributed by atoms with Crippen molar-refractivity contribution in [2.75, 3.05) is 6.54 Å². The van der Waals surface area contributed by atoms with Crippen LogP contribution in [0, 0.1) is 30.6 Å². The molecule has 3 N–H and O–H groups in total. The van der Waals surface area contributed by atoms with Crippen molar-refractivity contribution < 1.29 is 19.2 Å². The fourth-order valence-corrected chi connectivity index (χ4v) is 4.82. The number of nitrogens with one attached hydrogen (secondary N) is 1. The number of amides is 2. The Labute approximate surface area is 211 Å². The van der Waals surface area contributed by atoms with Gasteiger partial charge in [-0.25, -0.2) is 0 Å². The van der Waals surface area contributed by atoms with Gasteiger partial charge in [-0.15, -0.1) is 0 Å². The topological polar surface area (TPSA) is 106 Å². The maximum atomic E-state index is 11.3. The molecule has 6 heteroatoms. The zero-order valence-electron chi connectivity index (χ0n) is 22.6. The number of ketones is 2. The lowest BCUT2D eigenvalue weighted by molar-refractivity contribution is -0.137. The van der Waals surface area contributed by atoms with Crippen molar-refractivity contribution in [1.29, 1.82) is 0 Å². The Morgan fingerprint density at radius 1 is 1.09 bits per heavy atom. The molecule has 196 valence electrons. The molecule has 0 aromatic heterocycles. The Bertz CT molecular complexity index is 855. The summed E-state index contributed by atoms with van der Waals surface area (Å²) in [7, 11) is 0. The fourth-order valence-electron chi connectivity index (χ4n) is 4.82. The second kappa shape index (κ2) is 15.6. The fraction of sp³-hybridized carbons (Fsp3) is 0.655. The second-order valence-corrected chi connectivity index (χ2v) is 10.1. The molecule has 1 aromatic rings. The molecule has 35 heavy (non-hydrogen) atoms. The van der Waals surface area contributed by atoms with Crippen LogP contribution < -0.4 is 11.1 Å². The number of benzene rings is 1. The average molecular weight is 487 g/mol. The van der Waals surface area contributed by atoms with Crippen LogP contribution in [0.4, 0.5) is 0 Å². The smallest absolute Gasteiger partial charge is 0.229 e. The molecule has 1 heterocycles. The quantitative estimate of drug-likeness (QED) is 0.365. The van der Waals surface area contributed by atoms with Gasteiger partial charge in [-0.2, -0.15) is 0 Å². The molecule has 1 saturated carbocycles. The van der Waals surface area contributed by atoms with Crippen LogP contribution in [0.2, 0.25) is 0 Å². The van der Waals surface area contributed by atoms with Crippen molar-refractivity contribution in [3.05, 3.63) is 34.9 Å². The largest absolute Gasteiger partial charge is 0.330 e. The molecule has 1 aromatic carbocycles. The summed E-state index contributed by atoms with van der Waals surface area (Å²) in [5.74, 6) is 2.21. The first kappa shape index (κ1) is 30.7. The number of imide groups is 1. The molecule has 2 atom stereocenters. The average Bonchev–Trinajstić information content (AvgIpc) is 2.78. The van der Waals surface area contributed by atoms with Crippen LogP contribution in [-0.4, -0.2) is 29.9 Å².